The summed E-state index contributed by atoms with van der Waals surface area (Å²) in [7, 11) is 0. The van der Waals surface area contributed by atoms with Crippen LogP contribution in [0.25, 0.3) is 5.69 Å². The van der Waals surface area contributed by atoms with Crippen molar-refractivity contribution in [2.45, 2.75) is 0 Å². The van der Waals surface area contributed by atoms with E-state index >= 15 is 0 Å². The highest BCUT2D eigenvalue weighted by atomic mass is 19.1. The summed E-state index contributed by atoms with van der Waals surface area (Å²) in [6.07, 6.45) is 1.47. The zero-order valence-electron chi connectivity index (χ0n) is 6.68. The minimum Gasteiger partial charge on any atom is -0.366 e. The molecule has 0 spiro atoms. The van der Waals surface area contributed by atoms with Crippen LogP contribution in [-0.2, 0) is 0 Å². The summed E-state index contributed by atoms with van der Waals surface area (Å²) < 4.78 is 14.0. The summed E-state index contributed by atoms with van der Waals surface area (Å²) in [5.41, 5.74) is 6.06. The average molecular weight is 178 g/mol. The van der Waals surface area contributed by atoms with Crippen molar-refractivity contribution in [2.24, 2.45) is 0 Å². The maximum Gasteiger partial charge on any atom is 0.239 e. The molecule has 1 aromatic heterocycles. The highest BCUT2D eigenvalue weighted by Crippen LogP contribution is 2.07. The molecule has 13 heavy (non-hydrogen) atoms. The molecule has 2 aromatic rings. The van der Waals surface area contributed by atoms with E-state index in [-0.39, 0.29) is 11.8 Å². The van der Waals surface area contributed by atoms with E-state index in [1.807, 2.05) is 0 Å². The van der Waals surface area contributed by atoms with Crippen molar-refractivity contribution in [1.82, 2.24) is 14.8 Å². The summed E-state index contributed by atoms with van der Waals surface area (Å²) >= 11 is 0. The molecular formula is C8H7FN4. The highest BCUT2D eigenvalue weighted by Gasteiger charge is 1.98. The Morgan fingerprint density at radius 1 is 1.23 bits per heavy atom. The molecule has 2 N–H and O–H groups in total. The summed E-state index contributed by atoms with van der Waals surface area (Å²) in [5, 5.41) is 3.87. The minimum absolute atomic E-state index is 0.198. The van der Waals surface area contributed by atoms with Crippen LogP contribution in [-0.4, -0.2) is 14.8 Å². The van der Waals surface area contributed by atoms with Gasteiger partial charge in [-0.05, 0) is 24.3 Å². The van der Waals surface area contributed by atoms with E-state index in [2.05, 4.69) is 10.1 Å². The van der Waals surface area contributed by atoms with Gasteiger partial charge in [-0.2, -0.15) is 0 Å². The van der Waals surface area contributed by atoms with Crippen LogP contribution in [0.15, 0.2) is 30.6 Å². The highest BCUT2D eigenvalue weighted by molar-refractivity contribution is 5.31. The monoisotopic (exact) mass is 178 g/mol. The molecule has 0 aliphatic rings. The fraction of sp³-hybridized carbons (Fsp3) is 0. The minimum atomic E-state index is -0.281. The van der Waals surface area contributed by atoms with Gasteiger partial charge in [0.25, 0.3) is 0 Å². The number of nitrogens with zero attached hydrogens (tertiary/aromatic N) is 3. The first-order chi connectivity index (χ1) is 6.25. The Hall–Kier alpha value is -1.91. The molecule has 5 heteroatoms. The van der Waals surface area contributed by atoms with E-state index in [4.69, 9.17) is 5.73 Å². The Kier molecular flexibility index (Phi) is 1.70. The number of anilines is 1. The molecule has 0 aliphatic carbocycles. The number of benzene rings is 1. The van der Waals surface area contributed by atoms with Crippen molar-refractivity contribution in [2.75, 3.05) is 5.73 Å². The van der Waals surface area contributed by atoms with Gasteiger partial charge in [-0.1, -0.05) is 0 Å². The predicted octanol–water partition coefficient (Wildman–Crippen LogP) is 0.989. The van der Waals surface area contributed by atoms with E-state index in [9.17, 15) is 4.39 Å². The van der Waals surface area contributed by atoms with Crippen LogP contribution in [0.2, 0.25) is 0 Å². The second-order valence-corrected chi connectivity index (χ2v) is 2.52. The number of rotatable bonds is 1. The van der Waals surface area contributed by atoms with Gasteiger partial charge in [-0.3, -0.25) is 0 Å². The smallest absolute Gasteiger partial charge is 0.239 e. The van der Waals surface area contributed by atoms with Crippen molar-refractivity contribution in [3.63, 3.8) is 0 Å². The van der Waals surface area contributed by atoms with Gasteiger partial charge in [0.2, 0.25) is 5.95 Å². The molecule has 1 heterocycles. The van der Waals surface area contributed by atoms with Crippen LogP contribution in [0.3, 0.4) is 0 Å². The van der Waals surface area contributed by atoms with E-state index < -0.39 is 0 Å². The first kappa shape index (κ1) is 7.72. The number of hydrogen-bond acceptors (Lipinski definition) is 3. The molecule has 0 bridgehead atoms. The summed E-state index contributed by atoms with van der Waals surface area (Å²) in [5.74, 6) is -0.0823. The number of nitrogen functional groups attached to an aromatic ring is 1. The van der Waals surface area contributed by atoms with Gasteiger partial charge in [0.05, 0.1) is 5.69 Å². The second-order valence-electron chi connectivity index (χ2n) is 2.52. The number of halogens is 1. The average Bonchev–Trinajstić information content (AvgIpc) is 2.53. The van der Waals surface area contributed by atoms with Crippen LogP contribution in [0.5, 0.6) is 0 Å². The lowest BCUT2D eigenvalue weighted by Gasteiger charge is -1.97. The topological polar surface area (TPSA) is 56.7 Å². The third-order valence-electron chi connectivity index (χ3n) is 1.60. The first-order valence-electron chi connectivity index (χ1n) is 3.69. The third-order valence-corrected chi connectivity index (χ3v) is 1.60. The molecule has 0 saturated heterocycles. The van der Waals surface area contributed by atoms with Crippen molar-refractivity contribution < 1.29 is 4.39 Å². The zero-order valence-corrected chi connectivity index (χ0v) is 6.68. The third kappa shape index (κ3) is 1.48. The van der Waals surface area contributed by atoms with Gasteiger partial charge in [0, 0.05) is 0 Å². The Bertz CT molecular complexity index is 406. The van der Waals surface area contributed by atoms with Gasteiger partial charge in [-0.15, -0.1) is 5.10 Å². The number of aromatic nitrogens is 3. The molecule has 0 radical (unpaired) electrons. The van der Waals surface area contributed by atoms with Gasteiger partial charge < -0.3 is 5.73 Å². The van der Waals surface area contributed by atoms with Crippen LogP contribution >= 0.6 is 0 Å². The predicted molar refractivity (Wildman–Crippen MR) is 45.7 cm³/mol. The Morgan fingerprint density at radius 3 is 2.46 bits per heavy atom. The normalized spacial score (nSPS) is 10.2. The Morgan fingerprint density at radius 2 is 1.92 bits per heavy atom. The van der Waals surface area contributed by atoms with Crippen LogP contribution in [0.1, 0.15) is 0 Å². The van der Waals surface area contributed by atoms with Gasteiger partial charge >= 0.3 is 0 Å². The lowest BCUT2D eigenvalue weighted by molar-refractivity contribution is 0.627. The van der Waals surface area contributed by atoms with E-state index in [1.165, 1.54) is 23.1 Å². The van der Waals surface area contributed by atoms with Gasteiger partial charge in [0.1, 0.15) is 12.1 Å². The molecule has 4 nitrogen and oxygen atoms in total. The van der Waals surface area contributed by atoms with E-state index in [0.29, 0.717) is 0 Å². The second kappa shape index (κ2) is 2.85. The molecule has 0 amide bonds. The molecular weight excluding hydrogens is 171 g/mol. The Labute approximate surface area is 73.8 Å². The quantitative estimate of drug-likeness (QED) is 0.708. The lowest BCUT2D eigenvalue weighted by Crippen LogP contribution is -1.95. The first-order valence-corrected chi connectivity index (χ1v) is 3.69. The number of hydrogen-bond donors (Lipinski definition) is 1. The molecule has 0 saturated carbocycles. The standard InChI is InChI=1S/C8H7FN4/c9-6-1-3-7(4-2-6)13-5-11-8(10)12-13/h1-5H,(H2,10,12). The van der Waals surface area contributed by atoms with Crippen molar-refractivity contribution >= 4 is 5.95 Å². The molecule has 0 aliphatic heterocycles. The van der Waals surface area contributed by atoms with Crippen molar-refractivity contribution in [3.05, 3.63) is 36.4 Å². The molecule has 66 valence electrons. The van der Waals surface area contributed by atoms with Crippen LogP contribution in [0.4, 0.5) is 10.3 Å². The maximum absolute atomic E-state index is 12.5. The van der Waals surface area contributed by atoms with E-state index in [0.717, 1.165) is 5.69 Å². The SMILES string of the molecule is Nc1ncn(-c2ccc(F)cc2)n1. The van der Waals surface area contributed by atoms with E-state index in [1.54, 1.807) is 12.1 Å². The fourth-order valence-corrected chi connectivity index (χ4v) is 0.994. The summed E-state index contributed by atoms with van der Waals surface area (Å²) in [6, 6.07) is 5.91. The molecule has 0 unspecified atom stereocenters. The number of nitrogens with two attached hydrogens (primary N) is 1. The molecule has 0 fully saturated rings. The molecule has 1 aromatic carbocycles. The largest absolute Gasteiger partial charge is 0.366 e. The van der Waals surface area contributed by atoms with Crippen LogP contribution in [0, 0.1) is 5.82 Å². The molecule has 2 rings (SSSR count). The Balaban J connectivity index is 2.41. The van der Waals surface area contributed by atoms with Gasteiger partial charge in [0.15, 0.2) is 0 Å². The fourth-order valence-electron chi connectivity index (χ4n) is 0.994. The maximum atomic E-state index is 12.5. The lowest BCUT2D eigenvalue weighted by atomic mass is 10.3. The molecule has 0 atom stereocenters. The summed E-state index contributed by atoms with van der Waals surface area (Å²) in [4.78, 5) is 3.75. The van der Waals surface area contributed by atoms with Crippen LogP contribution < -0.4 is 5.73 Å². The van der Waals surface area contributed by atoms with Gasteiger partial charge in [-0.25, -0.2) is 14.1 Å². The van der Waals surface area contributed by atoms with Crippen molar-refractivity contribution in [1.29, 1.82) is 0 Å². The summed E-state index contributed by atoms with van der Waals surface area (Å²) in [6.45, 7) is 0. The van der Waals surface area contributed by atoms with Crippen molar-refractivity contribution in [3.8, 4) is 5.69 Å². The zero-order chi connectivity index (χ0) is 9.26.